The van der Waals surface area contributed by atoms with Gasteiger partial charge in [-0.2, -0.15) is 0 Å². The van der Waals surface area contributed by atoms with Crippen molar-refractivity contribution >= 4 is 10.8 Å². The fourth-order valence-electron chi connectivity index (χ4n) is 5.32. The molecule has 0 bridgehead atoms. The molecule has 5 rings (SSSR count). The number of aromatic nitrogens is 1. The smallest absolute Gasteiger partial charge is 0.201 e. The molecule has 0 fully saturated rings. The first-order valence-corrected chi connectivity index (χ1v) is 10.9. The number of fused-ring (bicyclic) bond motifs is 4. The van der Waals surface area contributed by atoms with Gasteiger partial charge in [-0.1, -0.05) is 64.1 Å². The van der Waals surface area contributed by atoms with Gasteiger partial charge in [0.1, 0.15) is 7.05 Å². The molecular formula is C29H30N+. The van der Waals surface area contributed by atoms with Crippen molar-refractivity contribution in [3.8, 4) is 22.4 Å². The second kappa shape index (κ2) is 6.28. The van der Waals surface area contributed by atoms with E-state index in [0.717, 1.165) is 0 Å². The van der Waals surface area contributed by atoms with Crippen molar-refractivity contribution in [2.45, 2.75) is 45.4 Å². The van der Waals surface area contributed by atoms with E-state index < -0.39 is 0 Å². The lowest BCUT2D eigenvalue weighted by Gasteiger charge is -2.49. The van der Waals surface area contributed by atoms with E-state index >= 15 is 0 Å². The number of benzene rings is 3. The van der Waals surface area contributed by atoms with Crippen molar-refractivity contribution in [1.29, 1.82) is 0 Å². The number of pyridine rings is 1. The van der Waals surface area contributed by atoms with Gasteiger partial charge in [-0.05, 0) is 69.1 Å². The number of nitrogens with zero attached hydrogens (tertiary/aromatic N) is 1. The summed E-state index contributed by atoms with van der Waals surface area (Å²) in [4.78, 5) is 0. The molecule has 150 valence electrons. The summed E-state index contributed by atoms with van der Waals surface area (Å²) in [7, 11) is 2.15. The van der Waals surface area contributed by atoms with Gasteiger partial charge in [-0.15, -0.1) is 0 Å². The Balaban J connectivity index is 1.95. The molecule has 0 saturated heterocycles. The Morgan fingerprint density at radius 3 is 2.07 bits per heavy atom. The van der Waals surface area contributed by atoms with E-state index in [0.29, 0.717) is 0 Å². The average Bonchev–Trinajstić information content (AvgIpc) is 2.72. The Bertz CT molecular complexity index is 1310. The van der Waals surface area contributed by atoms with E-state index in [1.165, 1.54) is 49.8 Å². The molecule has 1 aromatic heterocycles. The third-order valence-corrected chi connectivity index (χ3v) is 7.76. The Morgan fingerprint density at radius 2 is 1.37 bits per heavy atom. The molecule has 0 radical (unpaired) electrons. The lowest BCUT2D eigenvalue weighted by Crippen LogP contribution is -2.44. The van der Waals surface area contributed by atoms with E-state index in [1.54, 1.807) is 0 Å². The normalized spacial score (nSPS) is 16.2. The number of rotatable bonds is 1. The lowest BCUT2D eigenvalue weighted by atomic mass is 9.54. The van der Waals surface area contributed by atoms with Crippen LogP contribution in [0.4, 0.5) is 0 Å². The number of aryl methyl sites for hydroxylation is 2. The highest BCUT2D eigenvalue weighted by molar-refractivity contribution is 5.94. The van der Waals surface area contributed by atoms with Crippen LogP contribution in [-0.2, 0) is 17.9 Å². The number of hydrogen-bond donors (Lipinski definition) is 0. The fraction of sp³-hybridized carbons (Fsp3) is 0.276. The molecule has 0 aliphatic heterocycles. The summed E-state index contributed by atoms with van der Waals surface area (Å²) in [6.07, 6.45) is 2.15. The third kappa shape index (κ3) is 2.45. The minimum atomic E-state index is -0.0258. The SMILES string of the molecule is Cc1ccc2c(c1-c1cccc[n+]1C)C(C)(C)C(C)(C)c1cc3ccccc3cc1-2. The minimum absolute atomic E-state index is 0.00470. The standard InChI is InChI=1S/C29H30N/c1-19-14-15-22-23-17-20-11-7-8-12-21(20)18-24(23)28(2,3)29(4,5)27(22)26(19)25-13-9-10-16-30(25)6/h7-18H,1-6H3/q+1. The Kier molecular flexibility index (Phi) is 3.99. The van der Waals surface area contributed by atoms with Crippen LogP contribution in [0.5, 0.6) is 0 Å². The van der Waals surface area contributed by atoms with Crippen LogP contribution in [-0.4, -0.2) is 0 Å². The Morgan fingerprint density at radius 1 is 0.700 bits per heavy atom. The second-order valence-corrected chi connectivity index (χ2v) is 9.87. The minimum Gasteiger partial charge on any atom is -0.201 e. The van der Waals surface area contributed by atoms with Crippen LogP contribution in [0.3, 0.4) is 0 Å². The van der Waals surface area contributed by atoms with E-state index in [1.807, 2.05) is 0 Å². The fourth-order valence-corrected chi connectivity index (χ4v) is 5.32. The van der Waals surface area contributed by atoms with E-state index in [9.17, 15) is 0 Å². The van der Waals surface area contributed by atoms with Crippen LogP contribution >= 0.6 is 0 Å². The summed E-state index contributed by atoms with van der Waals surface area (Å²) >= 11 is 0. The van der Waals surface area contributed by atoms with Crippen molar-refractivity contribution in [3.05, 3.63) is 89.6 Å². The first kappa shape index (κ1) is 19.1. The summed E-state index contributed by atoms with van der Waals surface area (Å²) in [5.41, 5.74) is 9.65. The van der Waals surface area contributed by atoms with Crippen molar-refractivity contribution in [1.82, 2.24) is 0 Å². The summed E-state index contributed by atoms with van der Waals surface area (Å²) in [6, 6.07) is 24.7. The maximum Gasteiger partial charge on any atom is 0.212 e. The van der Waals surface area contributed by atoms with Crippen molar-refractivity contribution in [3.63, 3.8) is 0 Å². The maximum atomic E-state index is 2.43. The van der Waals surface area contributed by atoms with Crippen molar-refractivity contribution in [2.75, 3.05) is 0 Å². The molecule has 0 saturated carbocycles. The van der Waals surface area contributed by atoms with Crippen molar-refractivity contribution in [2.24, 2.45) is 7.05 Å². The molecule has 1 nitrogen and oxygen atoms in total. The van der Waals surface area contributed by atoms with Gasteiger partial charge < -0.3 is 0 Å². The lowest BCUT2D eigenvalue weighted by molar-refractivity contribution is -0.660. The van der Waals surface area contributed by atoms with Gasteiger partial charge in [0.2, 0.25) is 5.69 Å². The first-order chi connectivity index (χ1) is 14.2. The Hall–Kier alpha value is -2.93. The highest BCUT2D eigenvalue weighted by Crippen LogP contribution is 2.57. The molecule has 1 aliphatic rings. The van der Waals surface area contributed by atoms with Gasteiger partial charge in [-0.25, -0.2) is 4.57 Å². The van der Waals surface area contributed by atoms with Crippen LogP contribution in [0.25, 0.3) is 33.2 Å². The van der Waals surface area contributed by atoms with Gasteiger partial charge >= 0.3 is 0 Å². The summed E-state index contributed by atoms with van der Waals surface area (Å²) in [6.45, 7) is 11.9. The highest BCUT2D eigenvalue weighted by atomic mass is 14.9. The molecule has 1 heterocycles. The number of hydrogen-bond acceptors (Lipinski definition) is 0. The molecular weight excluding hydrogens is 362 g/mol. The van der Waals surface area contributed by atoms with Crippen molar-refractivity contribution < 1.29 is 4.57 Å². The predicted octanol–water partition coefficient (Wildman–Crippen LogP) is 6.88. The molecule has 0 N–H and O–H groups in total. The molecule has 1 aliphatic carbocycles. The summed E-state index contributed by atoms with van der Waals surface area (Å²) in [5, 5.41) is 2.63. The van der Waals surface area contributed by atoms with Gasteiger partial charge in [0, 0.05) is 17.5 Å². The third-order valence-electron chi connectivity index (χ3n) is 7.76. The van der Waals surface area contributed by atoms with Crippen LogP contribution in [0.1, 0.15) is 44.4 Å². The molecule has 0 amide bonds. The molecule has 0 atom stereocenters. The van der Waals surface area contributed by atoms with Gasteiger partial charge in [-0.3, -0.25) is 0 Å². The second-order valence-electron chi connectivity index (χ2n) is 9.87. The summed E-state index contributed by atoms with van der Waals surface area (Å²) in [5.74, 6) is 0. The first-order valence-electron chi connectivity index (χ1n) is 10.9. The Labute approximate surface area is 180 Å². The molecule has 0 spiro atoms. The van der Waals surface area contributed by atoms with E-state index in [-0.39, 0.29) is 10.8 Å². The van der Waals surface area contributed by atoms with Crippen LogP contribution in [0.15, 0.2) is 72.9 Å². The van der Waals surface area contributed by atoms with Gasteiger partial charge in [0.25, 0.3) is 0 Å². The van der Waals surface area contributed by atoms with Crippen LogP contribution in [0, 0.1) is 6.92 Å². The zero-order chi connectivity index (χ0) is 21.3. The molecule has 4 aromatic rings. The van der Waals surface area contributed by atoms with Gasteiger partial charge in [0.15, 0.2) is 6.20 Å². The molecule has 3 aromatic carbocycles. The predicted molar refractivity (Wildman–Crippen MR) is 127 cm³/mol. The van der Waals surface area contributed by atoms with Gasteiger partial charge in [0.05, 0.1) is 5.56 Å². The topological polar surface area (TPSA) is 3.88 Å². The average molecular weight is 393 g/mol. The maximum absolute atomic E-state index is 2.43. The largest absolute Gasteiger partial charge is 0.212 e. The van der Waals surface area contributed by atoms with Crippen LogP contribution in [0.2, 0.25) is 0 Å². The molecule has 0 unspecified atom stereocenters. The monoisotopic (exact) mass is 392 g/mol. The zero-order valence-corrected chi connectivity index (χ0v) is 18.9. The quantitative estimate of drug-likeness (QED) is 0.311. The highest BCUT2D eigenvalue weighted by Gasteiger charge is 2.48. The zero-order valence-electron chi connectivity index (χ0n) is 18.9. The van der Waals surface area contributed by atoms with E-state index in [4.69, 9.17) is 0 Å². The van der Waals surface area contributed by atoms with Crippen LogP contribution < -0.4 is 4.57 Å². The van der Waals surface area contributed by atoms with E-state index in [2.05, 4.69) is 119 Å². The molecule has 30 heavy (non-hydrogen) atoms. The summed E-state index contributed by atoms with van der Waals surface area (Å²) < 4.78 is 2.25. The molecule has 1 heteroatoms.